The van der Waals surface area contributed by atoms with E-state index in [-0.39, 0.29) is 13.6 Å². The van der Waals surface area contributed by atoms with Gasteiger partial charge in [-0.2, -0.15) is 0 Å². The van der Waals surface area contributed by atoms with E-state index in [2.05, 4.69) is 108 Å². The Kier molecular flexibility index (Phi) is 3.27. The summed E-state index contributed by atoms with van der Waals surface area (Å²) < 4.78 is 9.40. The Morgan fingerprint density at radius 3 is 2.11 bits per heavy atom. The molecule has 5 heterocycles. The van der Waals surface area contributed by atoms with E-state index >= 15 is 0 Å². The van der Waals surface area contributed by atoms with Crippen molar-refractivity contribution < 1.29 is 4.74 Å². The first kappa shape index (κ1) is 19.0. The summed E-state index contributed by atoms with van der Waals surface area (Å²) in [6, 6.07) is 38.1. The molecule has 2 nitrogen and oxygen atoms in total. The second-order valence-corrected chi connectivity index (χ2v) is 11.5. The SMILES string of the molecule is c1ccc2c(c1)B1c3ccccc3-c3ccc4c5c3N1c1c(cccc1-2)B5c1sc2ccccc2c1O4. The lowest BCUT2D eigenvalue weighted by Gasteiger charge is -2.49. The van der Waals surface area contributed by atoms with Gasteiger partial charge in [0, 0.05) is 37.4 Å². The van der Waals surface area contributed by atoms with Crippen LogP contribution in [-0.2, 0) is 0 Å². The van der Waals surface area contributed by atoms with Gasteiger partial charge in [-0.3, -0.25) is 0 Å². The van der Waals surface area contributed by atoms with E-state index in [0.29, 0.717) is 0 Å². The molecule has 0 fully saturated rings. The predicted molar refractivity (Wildman–Crippen MR) is 157 cm³/mol. The van der Waals surface area contributed by atoms with E-state index in [9.17, 15) is 0 Å². The van der Waals surface area contributed by atoms with E-state index in [1.54, 1.807) is 0 Å². The summed E-state index contributed by atoms with van der Waals surface area (Å²) in [6.45, 7) is 0.304. The van der Waals surface area contributed by atoms with Crippen molar-refractivity contribution >= 4 is 73.0 Å². The Balaban J connectivity index is 1.42. The van der Waals surface area contributed by atoms with Crippen molar-refractivity contribution in [2.45, 2.75) is 0 Å². The number of thiophene rings is 1. The Hall–Kier alpha value is -4.21. The number of para-hydroxylation sites is 1. The second kappa shape index (κ2) is 6.37. The molecule has 4 aliphatic rings. The molecule has 5 heteroatoms. The van der Waals surface area contributed by atoms with Crippen LogP contribution in [0.3, 0.4) is 0 Å². The van der Waals surface area contributed by atoms with E-state index < -0.39 is 0 Å². The van der Waals surface area contributed by atoms with Gasteiger partial charge in [-0.05, 0) is 57.2 Å². The van der Waals surface area contributed by atoms with Gasteiger partial charge in [0.1, 0.15) is 11.5 Å². The standard InChI is InChI=1S/C32H17B2NOS/c1-4-12-23-18(8-1)20-11-7-14-25-29(20)35-30-21(19-9-2-5-13-24(19)34(23)35)16-17-26-28(30)33(25)32-31(36-26)22-10-3-6-15-27(22)37-32/h1-17H. The van der Waals surface area contributed by atoms with Crippen LogP contribution in [0, 0.1) is 0 Å². The lowest BCUT2D eigenvalue weighted by molar-refractivity contribution is 0.495. The lowest BCUT2D eigenvalue weighted by atomic mass is 9.33. The summed E-state index contributed by atoms with van der Waals surface area (Å²) >= 11 is 1.89. The first-order valence-corrected chi connectivity index (χ1v) is 13.7. The third-order valence-electron chi connectivity index (χ3n) is 8.72. The third-order valence-corrected chi connectivity index (χ3v) is 9.94. The molecule has 0 atom stereocenters. The largest absolute Gasteiger partial charge is 0.457 e. The minimum Gasteiger partial charge on any atom is -0.457 e. The van der Waals surface area contributed by atoms with Crippen molar-refractivity contribution in [2.24, 2.45) is 0 Å². The van der Waals surface area contributed by atoms with Crippen LogP contribution in [0.25, 0.3) is 32.3 Å². The van der Waals surface area contributed by atoms with Crippen LogP contribution < -0.4 is 36.2 Å². The van der Waals surface area contributed by atoms with Crippen LogP contribution >= 0.6 is 11.3 Å². The van der Waals surface area contributed by atoms with Gasteiger partial charge in [-0.15, -0.1) is 11.3 Å². The van der Waals surface area contributed by atoms with Crippen LogP contribution in [0.4, 0.5) is 11.4 Å². The van der Waals surface area contributed by atoms with Gasteiger partial charge in [-0.1, -0.05) is 78.9 Å². The topological polar surface area (TPSA) is 12.5 Å². The van der Waals surface area contributed by atoms with Gasteiger partial charge in [0.2, 0.25) is 0 Å². The van der Waals surface area contributed by atoms with Gasteiger partial charge in [0.05, 0.1) is 0 Å². The summed E-state index contributed by atoms with van der Waals surface area (Å²) in [4.78, 5) is 2.64. The Labute approximate surface area is 219 Å². The third kappa shape index (κ3) is 2.10. The zero-order valence-electron chi connectivity index (χ0n) is 19.7. The maximum atomic E-state index is 6.79. The number of fused-ring (bicyclic) bond motifs is 11. The Morgan fingerprint density at radius 1 is 0.595 bits per heavy atom. The molecule has 6 aromatic rings. The molecular formula is C32H17B2NOS. The van der Waals surface area contributed by atoms with Gasteiger partial charge >= 0.3 is 6.85 Å². The van der Waals surface area contributed by atoms with Crippen LogP contribution in [-0.4, -0.2) is 13.6 Å². The fourth-order valence-corrected chi connectivity index (χ4v) is 8.63. The van der Waals surface area contributed by atoms with Crippen LogP contribution in [0.2, 0.25) is 0 Å². The smallest absolute Gasteiger partial charge is 0.329 e. The average Bonchev–Trinajstić information content (AvgIpc) is 3.33. The van der Waals surface area contributed by atoms with Gasteiger partial charge in [0.15, 0.2) is 0 Å². The number of ether oxygens (including phenoxy) is 1. The van der Waals surface area contributed by atoms with Crippen LogP contribution in [0.5, 0.6) is 11.5 Å². The highest BCUT2D eigenvalue weighted by Crippen LogP contribution is 2.50. The van der Waals surface area contributed by atoms with E-state index in [1.807, 2.05) is 11.3 Å². The van der Waals surface area contributed by atoms with Gasteiger partial charge in [0.25, 0.3) is 6.71 Å². The number of rotatable bonds is 0. The molecule has 168 valence electrons. The first-order chi connectivity index (χ1) is 18.4. The molecule has 1 aromatic heterocycles. The molecule has 0 N–H and O–H groups in total. The fourth-order valence-electron chi connectivity index (χ4n) is 7.37. The number of nitrogens with zero attached hydrogens (tertiary/aromatic N) is 1. The molecule has 5 aromatic carbocycles. The first-order valence-electron chi connectivity index (χ1n) is 12.9. The van der Waals surface area contributed by atoms with Crippen molar-refractivity contribution in [3.63, 3.8) is 0 Å². The maximum Gasteiger partial charge on any atom is 0.329 e. The summed E-state index contributed by atoms with van der Waals surface area (Å²) in [5.74, 6) is 2.03. The summed E-state index contributed by atoms with van der Waals surface area (Å²) in [5.41, 5.74) is 13.5. The highest BCUT2D eigenvalue weighted by molar-refractivity contribution is 7.33. The van der Waals surface area contributed by atoms with Gasteiger partial charge in [-0.25, -0.2) is 0 Å². The van der Waals surface area contributed by atoms with Crippen molar-refractivity contribution in [1.29, 1.82) is 0 Å². The Bertz CT molecular complexity index is 2010. The number of hydrogen-bond acceptors (Lipinski definition) is 3. The molecule has 0 saturated carbocycles. The number of anilines is 2. The Morgan fingerprint density at radius 2 is 1.27 bits per heavy atom. The normalized spacial score (nSPS) is 14.5. The number of hydrogen-bond donors (Lipinski definition) is 0. The minimum absolute atomic E-state index is 0.143. The van der Waals surface area contributed by atoms with E-state index in [4.69, 9.17) is 4.74 Å². The van der Waals surface area contributed by atoms with Gasteiger partial charge < -0.3 is 9.55 Å². The average molecular weight is 485 g/mol. The quantitative estimate of drug-likeness (QED) is 0.288. The van der Waals surface area contributed by atoms with Crippen LogP contribution in [0.1, 0.15) is 0 Å². The molecule has 0 radical (unpaired) electrons. The predicted octanol–water partition coefficient (Wildman–Crippen LogP) is 4.74. The lowest BCUT2D eigenvalue weighted by Crippen LogP contribution is -2.68. The molecule has 0 amide bonds. The summed E-state index contributed by atoms with van der Waals surface area (Å²) in [6.07, 6.45) is 0. The fraction of sp³-hybridized carbons (Fsp3) is 0. The molecule has 0 spiro atoms. The molecule has 0 aliphatic carbocycles. The maximum absolute atomic E-state index is 6.79. The van der Waals surface area contributed by atoms with Crippen molar-refractivity contribution in [3.05, 3.63) is 103 Å². The summed E-state index contributed by atoms with van der Waals surface area (Å²) in [7, 11) is 0. The van der Waals surface area contributed by atoms with Crippen molar-refractivity contribution in [2.75, 3.05) is 4.81 Å². The summed E-state index contributed by atoms with van der Waals surface area (Å²) in [5, 5.41) is 1.21. The monoisotopic (exact) mass is 485 g/mol. The molecule has 4 aliphatic heterocycles. The molecule has 0 bridgehead atoms. The molecule has 0 unspecified atom stereocenters. The van der Waals surface area contributed by atoms with Crippen molar-refractivity contribution in [1.82, 2.24) is 0 Å². The second-order valence-electron chi connectivity index (χ2n) is 10.4. The van der Waals surface area contributed by atoms with E-state index in [1.165, 1.54) is 70.3 Å². The van der Waals surface area contributed by atoms with Crippen LogP contribution in [0.15, 0.2) is 103 Å². The zero-order chi connectivity index (χ0) is 23.8. The zero-order valence-corrected chi connectivity index (χ0v) is 20.5. The molecule has 37 heavy (non-hydrogen) atoms. The number of benzene rings is 5. The van der Waals surface area contributed by atoms with E-state index in [0.717, 1.165) is 11.5 Å². The molecule has 10 rings (SSSR count). The minimum atomic E-state index is 0.143. The van der Waals surface area contributed by atoms with Crippen molar-refractivity contribution in [3.8, 4) is 33.8 Å². The highest BCUT2D eigenvalue weighted by Gasteiger charge is 2.51. The molecular weight excluding hydrogens is 468 g/mol. The molecule has 0 saturated heterocycles. The highest BCUT2D eigenvalue weighted by atomic mass is 32.1.